The molecule has 3 nitrogen and oxygen atoms in total. The summed E-state index contributed by atoms with van der Waals surface area (Å²) in [6.45, 7) is 0.446. The smallest absolute Gasteiger partial charge is 0.129 e. The van der Waals surface area contributed by atoms with Crippen molar-refractivity contribution < 1.29 is 9.47 Å². The second-order valence-corrected chi connectivity index (χ2v) is 5.50. The van der Waals surface area contributed by atoms with Crippen LogP contribution in [0.3, 0.4) is 0 Å². The standard InChI is InChI=1S/C15H14BrNO2S/c1-18-14-7-2-10(8-13(14)15(17)20)9-19-12-5-3-11(16)4-6-12/h2-8H,9H2,1H3,(H2,17,20). The van der Waals surface area contributed by atoms with E-state index < -0.39 is 0 Å². The summed E-state index contributed by atoms with van der Waals surface area (Å²) < 4.78 is 12.0. The Hall–Kier alpha value is -1.59. The minimum atomic E-state index is 0.312. The highest BCUT2D eigenvalue weighted by molar-refractivity contribution is 9.10. The topological polar surface area (TPSA) is 44.5 Å². The monoisotopic (exact) mass is 351 g/mol. The minimum absolute atomic E-state index is 0.312. The highest BCUT2D eigenvalue weighted by Gasteiger charge is 2.07. The molecule has 2 rings (SSSR count). The molecule has 2 aromatic carbocycles. The first-order chi connectivity index (χ1) is 9.60. The molecule has 0 atom stereocenters. The van der Waals surface area contributed by atoms with Gasteiger partial charge in [-0.05, 0) is 42.0 Å². The fourth-order valence-corrected chi connectivity index (χ4v) is 2.16. The summed E-state index contributed by atoms with van der Waals surface area (Å²) >= 11 is 8.40. The summed E-state index contributed by atoms with van der Waals surface area (Å²) in [7, 11) is 1.59. The van der Waals surface area contributed by atoms with Crippen LogP contribution < -0.4 is 15.2 Å². The first-order valence-electron chi connectivity index (χ1n) is 5.95. The first kappa shape index (κ1) is 14.8. The van der Waals surface area contributed by atoms with Crippen molar-refractivity contribution >= 4 is 33.1 Å². The van der Waals surface area contributed by atoms with Crippen LogP contribution in [0.1, 0.15) is 11.1 Å². The highest BCUT2D eigenvalue weighted by Crippen LogP contribution is 2.22. The van der Waals surface area contributed by atoms with Crippen LogP contribution >= 0.6 is 28.1 Å². The van der Waals surface area contributed by atoms with Gasteiger partial charge >= 0.3 is 0 Å². The summed E-state index contributed by atoms with van der Waals surface area (Å²) in [6, 6.07) is 13.3. The number of methoxy groups -OCH3 is 1. The van der Waals surface area contributed by atoms with E-state index in [9.17, 15) is 0 Å². The summed E-state index contributed by atoms with van der Waals surface area (Å²) in [5.74, 6) is 1.48. The van der Waals surface area contributed by atoms with Gasteiger partial charge in [0.2, 0.25) is 0 Å². The summed E-state index contributed by atoms with van der Waals surface area (Å²) in [4.78, 5) is 0.312. The Kier molecular flexibility index (Phi) is 4.98. The molecule has 0 fully saturated rings. The van der Waals surface area contributed by atoms with Gasteiger partial charge in [-0.2, -0.15) is 0 Å². The number of thiocarbonyl (C=S) groups is 1. The van der Waals surface area contributed by atoms with Crippen LogP contribution in [0.25, 0.3) is 0 Å². The maximum absolute atomic E-state index is 5.71. The Bertz CT molecular complexity index is 614. The molecule has 0 unspecified atom stereocenters. The van der Waals surface area contributed by atoms with E-state index >= 15 is 0 Å². The highest BCUT2D eigenvalue weighted by atomic mass is 79.9. The molecule has 20 heavy (non-hydrogen) atoms. The van der Waals surface area contributed by atoms with Gasteiger partial charge in [0.15, 0.2) is 0 Å². The third kappa shape index (κ3) is 3.71. The van der Waals surface area contributed by atoms with Crippen LogP contribution in [0.15, 0.2) is 46.9 Å². The van der Waals surface area contributed by atoms with Gasteiger partial charge in [-0.3, -0.25) is 0 Å². The molecule has 104 valence electrons. The molecule has 2 N–H and O–H groups in total. The molecule has 0 aromatic heterocycles. The van der Waals surface area contributed by atoms with Gasteiger partial charge in [0.25, 0.3) is 0 Å². The predicted molar refractivity (Wildman–Crippen MR) is 87.4 cm³/mol. The number of hydrogen-bond donors (Lipinski definition) is 1. The van der Waals surface area contributed by atoms with Crippen LogP contribution in [0.5, 0.6) is 11.5 Å². The van der Waals surface area contributed by atoms with Crippen molar-refractivity contribution in [3.05, 3.63) is 58.1 Å². The Balaban J connectivity index is 2.11. The molecule has 2 aromatic rings. The van der Waals surface area contributed by atoms with E-state index in [1.54, 1.807) is 7.11 Å². The molecule has 0 saturated carbocycles. The molecule has 0 heterocycles. The maximum Gasteiger partial charge on any atom is 0.129 e. The Morgan fingerprint density at radius 2 is 1.90 bits per heavy atom. The van der Waals surface area contributed by atoms with E-state index in [2.05, 4.69) is 15.9 Å². The molecule has 0 bridgehead atoms. The number of hydrogen-bond acceptors (Lipinski definition) is 3. The van der Waals surface area contributed by atoms with Gasteiger partial charge < -0.3 is 15.2 Å². The van der Waals surface area contributed by atoms with Crippen molar-refractivity contribution in [1.82, 2.24) is 0 Å². The predicted octanol–water partition coefficient (Wildman–Crippen LogP) is 3.67. The van der Waals surface area contributed by atoms with E-state index in [-0.39, 0.29) is 0 Å². The summed E-state index contributed by atoms with van der Waals surface area (Å²) in [5, 5.41) is 0. The van der Waals surface area contributed by atoms with E-state index in [0.29, 0.717) is 17.3 Å². The van der Waals surface area contributed by atoms with Crippen molar-refractivity contribution in [2.24, 2.45) is 5.73 Å². The third-order valence-electron chi connectivity index (χ3n) is 2.75. The van der Waals surface area contributed by atoms with Gasteiger partial charge in [0, 0.05) is 4.47 Å². The van der Waals surface area contributed by atoms with Crippen molar-refractivity contribution in [1.29, 1.82) is 0 Å². The van der Waals surface area contributed by atoms with Gasteiger partial charge in [0.05, 0.1) is 12.7 Å². The largest absolute Gasteiger partial charge is 0.496 e. The van der Waals surface area contributed by atoms with Gasteiger partial charge in [-0.15, -0.1) is 0 Å². The molecule has 5 heteroatoms. The average Bonchev–Trinajstić information content (AvgIpc) is 2.46. The fourth-order valence-electron chi connectivity index (χ4n) is 1.73. The van der Waals surface area contributed by atoms with Gasteiger partial charge in [-0.1, -0.05) is 34.2 Å². The zero-order chi connectivity index (χ0) is 14.5. The number of nitrogens with two attached hydrogens (primary N) is 1. The minimum Gasteiger partial charge on any atom is -0.496 e. The second-order valence-electron chi connectivity index (χ2n) is 4.14. The molecule has 0 amide bonds. The van der Waals surface area contributed by atoms with Crippen LogP contribution in [0.2, 0.25) is 0 Å². The van der Waals surface area contributed by atoms with E-state index in [0.717, 1.165) is 21.3 Å². The van der Waals surface area contributed by atoms with Crippen molar-refractivity contribution in [3.63, 3.8) is 0 Å². The molecule has 0 saturated heterocycles. The fraction of sp³-hybridized carbons (Fsp3) is 0.133. The molecular formula is C15H14BrNO2S. The SMILES string of the molecule is COc1ccc(COc2ccc(Br)cc2)cc1C(N)=S. The van der Waals surface area contributed by atoms with E-state index in [1.807, 2.05) is 42.5 Å². The number of benzene rings is 2. The lowest BCUT2D eigenvalue weighted by atomic mass is 10.1. The van der Waals surface area contributed by atoms with Crippen molar-refractivity contribution in [3.8, 4) is 11.5 Å². The van der Waals surface area contributed by atoms with Crippen LogP contribution in [-0.4, -0.2) is 12.1 Å². The molecule has 0 radical (unpaired) electrons. The van der Waals surface area contributed by atoms with E-state index in [4.69, 9.17) is 27.4 Å². The lowest BCUT2D eigenvalue weighted by Gasteiger charge is -2.11. The summed E-state index contributed by atoms with van der Waals surface area (Å²) in [6.07, 6.45) is 0. The number of rotatable bonds is 5. The van der Waals surface area contributed by atoms with Crippen LogP contribution in [-0.2, 0) is 6.61 Å². The van der Waals surface area contributed by atoms with Crippen LogP contribution in [0, 0.1) is 0 Å². The molecule has 0 aliphatic rings. The molecule has 0 aliphatic carbocycles. The van der Waals surface area contributed by atoms with Gasteiger partial charge in [0.1, 0.15) is 23.1 Å². The summed E-state index contributed by atoms with van der Waals surface area (Å²) in [5.41, 5.74) is 7.39. The molecule has 0 aliphatic heterocycles. The zero-order valence-corrected chi connectivity index (χ0v) is 13.3. The zero-order valence-electron chi connectivity index (χ0n) is 10.9. The molecular weight excluding hydrogens is 338 g/mol. The normalized spacial score (nSPS) is 10.1. The quantitative estimate of drug-likeness (QED) is 0.834. The molecule has 0 spiro atoms. The van der Waals surface area contributed by atoms with Gasteiger partial charge in [-0.25, -0.2) is 0 Å². The maximum atomic E-state index is 5.71. The van der Waals surface area contributed by atoms with E-state index in [1.165, 1.54) is 0 Å². The first-order valence-corrected chi connectivity index (χ1v) is 7.15. The van der Waals surface area contributed by atoms with Crippen LogP contribution in [0.4, 0.5) is 0 Å². The Morgan fingerprint density at radius 3 is 2.50 bits per heavy atom. The lowest BCUT2D eigenvalue weighted by molar-refractivity contribution is 0.306. The number of halogens is 1. The Morgan fingerprint density at radius 1 is 1.20 bits per heavy atom. The third-order valence-corrected chi connectivity index (χ3v) is 3.50. The average molecular weight is 352 g/mol. The van der Waals surface area contributed by atoms with Crippen molar-refractivity contribution in [2.45, 2.75) is 6.61 Å². The lowest BCUT2D eigenvalue weighted by Crippen LogP contribution is -2.11. The van der Waals surface area contributed by atoms with Crippen molar-refractivity contribution in [2.75, 3.05) is 7.11 Å². The number of ether oxygens (including phenoxy) is 2. The second kappa shape index (κ2) is 6.72. The Labute approximate surface area is 131 Å².